The second-order valence-electron chi connectivity index (χ2n) is 8.28. The van der Waals surface area contributed by atoms with E-state index in [-0.39, 0.29) is 11.1 Å². The Morgan fingerprint density at radius 1 is 1.23 bits per heavy atom. The van der Waals surface area contributed by atoms with Crippen LogP contribution in [-0.2, 0) is 17.8 Å². The number of nitrogens with one attached hydrogen (secondary N) is 1. The predicted octanol–water partition coefficient (Wildman–Crippen LogP) is 5.31. The number of fused-ring (bicyclic) bond motifs is 1. The molecule has 0 aromatic heterocycles. The molecule has 2 aromatic rings. The summed E-state index contributed by atoms with van der Waals surface area (Å²) < 4.78 is 5.81. The molecule has 3 rings (SSSR count). The summed E-state index contributed by atoms with van der Waals surface area (Å²) in [7, 11) is 2.09. The molecular formula is C27H36ClN3O3S. The maximum Gasteiger partial charge on any atom is 0.283 e. The van der Waals surface area contributed by atoms with E-state index >= 15 is 0 Å². The Bertz CT molecular complexity index is 943. The standard InChI is InChI=1S/C17H24N2O2S.C10H12ClNO/c1-3-9-18(2)10-4-5-12-21-15-6-7-16-14(13-15)8-11-19(16)17(20)22;11-7-6-10(13)12-8-9-4-2-1-3-5-9/h3,6-7,13H,1,4-5,8-12H2,2H3,(H,20,22);1-5H,6-8H2,(H,12,13). The number of rotatable bonds is 12. The first-order chi connectivity index (χ1) is 16.9. The highest BCUT2D eigenvalue weighted by atomic mass is 35.5. The Labute approximate surface area is 219 Å². The lowest BCUT2D eigenvalue weighted by Crippen LogP contribution is -2.22. The quantitative estimate of drug-likeness (QED) is 0.173. The first kappa shape index (κ1) is 28.8. The van der Waals surface area contributed by atoms with Crippen molar-refractivity contribution in [2.24, 2.45) is 0 Å². The molecule has 1 aliphatic rings. The number of amides is 2. The van der Waals surface area contributed by atoms with Gasteiger partial charge in [-0.05, 0) is 62.2 Å². The van der Waals surface area contributed by atoms with Crippen LogP contribution < -0.4 is 15.0 Å². The summed E-state index contributed by atoms with van der Waals surface area (Å²) in [6.45, 7) is 7.71. The summed E-state index contributed by atoms with van der Waals surface area (Å²) in [5.41, 5.74) is 3.22. The third-order valence-electron chi connectivity index (χ3n) is 5.48. The van der Waals surface area contributed by atoms with Crippen molar-refractivity contribution in [2.45, 2.75) is 32.2 Å². The molecule has 0 bridgehead atoms. The largest absolute Gasteiger partial charge is 0.494 e. The minimum atomic E-state index is -0.198. The van der Waals surface area contributed by atoms with E-state index in [1.165, 1.54) is 0 Å². The number of anilines is 1. The topological polar surface area (TPSA) is 61.9 Å². The molecule has 0 unspecified atom stereocenters. The zero-order valence-corrected chi connectivity index (χ0v) is 22.1. The van der Waals surface area contributed by atoms with Gasteiger partial charge >= 0.3 is 0 Å². The second kappa shape index (κ2) is 16.2. The Morgan fingerprint density at radius 2 is 2.00 bits per heavy atom. The van der Waals surface area contributed by atoms with Crippen LogP contribution in [0.15, 0.2) is 61.2 Å². The molecular weight excluding hydrogens is 482 g/mol. The Balaban J connectivity index is 0.000000283. The van der Waals surface area contributed by atoms with Crippen LogP contribution in [0.4, 0.5) is 10.5 Å². The first-order valence-corrected chi connectivity index (χ1v) is 12.8. The molecule has 0 radical (unpaired) electrons. The lowest BCUT2D eigenvalue weighted by atomic mass is 10.1. The Hall–Kier alpha value is -2.48. The molecule has 8 heteroatoms. The van der Waals surface area contributed by atoms with Gasteiger partial charge in [0.05, 0.1) is 6.61 Å². The van der Waals surface area contributed by atoms with Crippen molar-refractivity contribution in [3.8, 4) is 5.75 Å². The molecule has 0 fully saturated rings. The summed E-state index contributed by atoms with van der Waals surface area (Å²) in [5.74, 6) is 1.26. The summed E-state index contributed by atoms with van der Waals surface area (Å²) >= 11 is 9.32. The van der Waals surface area contributed by atoms with Crippen molar-refractivity contribution < 1.29 is 14.3 Å². The zero-order valence-electron chi connectivity index (χ0n) is 20.4. The Kier molecular flexibility index (Phi) is 13.3. The highest BCUT2D eigenvalue weighted by Crippen LogP contribution is 2.32. The monoisotopic (exact) mass is 517 g/mol. The van der Waals surface area contributed by atoms with Crippen molar-refractivity contribution in [1.29, 1.82) is 0 Å². The highest BCUT2D eigenvalue weighted by Gasteiger charge is 2.22. The van der Waals surface area contributed by atoms with Crippen LogP contribution in [0.2, 0.25) is 0 Å². The van der Waals surface area contributed by atoms with Gasteiger partial charge in [-0.1, -0.05) is 49.0 Å². The van der Waals surface area contributed by atoms with E-state index in [9.17, 15) is 9.59 Å². The van der Waals surface area contributed by atoms with E-state index in [0.29, 0.717) is 25.4 Å². The van der Waals surface area contributed by atoms with E-state index in [0.717, 1.165) is 61.5 Å². The lowest BCUT2D eigenvalue weighted by molar-refractivity contribution is -0.120. The van der Waals surface area contributed by atoms with Crippen LogP contribution in [0, 0.1) is 0 Å². The SMILES string of the molecule is C=CCN(C)CCCCOc1ccc2c(c1)CCN2C(=O)S.O=C(CCCl)NCc1ccccc1. The Morgan fingerprint density at radius 3 is 2.69 bits per heavy atom. The van der Waals surface area contributed by atoms with Gasteiger partial charge in [-0.15, -0.1) is 18.2 Å². The van der Waals surface area contributed by atoms with Crippen molar-refractivity contribution in [2.75, 3.05) is 44.1 Å². The minimum absolute atomic E-state index is 0.00106. The predicted molar refractivity (Wildman–Crippen MR) is 148 cm³/mol. The van der Waals surface area contributed by atoms with Crippen LogP contribution in [0.5, 0.6) is 5.75 Å². The smallest absolute Gasteiger partial charge is 0.283 e. The van der Waals surface area contributed by atoms with Crippen LogP contribution >= 0.6 is 24.2 Å². The third-order valence-corrected chi connectivity index (χ3v) is 5.91. The molecule has 35 heavy (non-hydrogen) atoms. The van der Waals surface area contributed by atoms with E-state index in [4.69, 9.17) is 16.3 Å². The maximum absolute atomic E-state index is 11.4. The number of hydrogen-bond acceptors (Lipinski definition) is 4. The number of carbonyl (C=O) groups is 2. The van der Waals surface area contributed by atoms with Gasteiger partial charge in [0.15, 0.2) is 0 Å². The number of ether oxygens (including phenoxy) is 1. The number of hydrogen-bond donors (Lipinski definition) is 2. The normalized spacial score (nSPS) is 11.9. The van der Waals surface area contributed by atoms with Gasteiger partial charge in [0.1, 0.15) is 5.75 Å². The molecule has 190 valence electrons. The number of benzene rings is 2. The molecule has 1 N–H and O–H groups in total. The van der Waals surface area contributed by atoms with Crippen molar-refractivity contribution in [1.82, 2.24) is 10.2 Å². The van der Waals surface area contributed by atoms with Gasteiger partial charge in [0.25, 0.3) is 5.24 Å². The maximum atomic E-state index is 11.4. The number of nitrogens with zero attached hydrogens (tertiary/aromatic N) is 2. The van der Waals surface area contributed by atoms with Gasteiger partial charge in [-0.2, -0.15) is 0 Å². The molecule has 1 heterocycles. The summed E-state index contributed by atoms with van der Waals surface area (Å²) in [6, 6.07) is 15.7. The van der Waals surface area contributed by atoms with Gasteiger partial charge in [-0.25, -0.2) is 0 Å². The second-order valence-corrected chi connectivity index (χ2v) is 9.04. The number of carbonyl (C=O) groups excluding carboxylic acids is 2. The molecule has 0 saturated heterocycles. The van der Waals surface area contributed by atoms with E-state index < -0.39 is 0 Å². The number of likely N-dealkylation sites (N-methyl/N-ethyl adjacent to an activating group) is 1. The van der Waals surface area contributed by atoms with E-state index in [1.807, 2.05) is 54.6 Å². The van der Waals surface area contributed by atoms with Gasteiger partial charge in [-0.3, -0.25) is 9.59 Å². The fourth-order valence-corrected chi connectivity index (χ4v) is 4.00. The van der Waals surface area contributed by atoms with Crippen molar-refractivity contribution in [3.63, 3.8) is 0 Å². The first-order valence-electron chi connectivity index (χ1n) is 11.9. The fourth-order valence-electron chi connectivity index (χ4n) is 3.62. The minimum Gasteiger partial charge on any atom is -0.494 e. The molecule has 0 atom stereocenters. The summed E-state index contributed by atoms with van der Waals surface area (Å²) in [5, 5.41) is 2.58. The summed E-state index contributed by atoms with van der Waals surface area (Å²) in [6.07, 6.45) is 5.30. The van der Waals surface area contributed by atoms with Gasteiger partial charge in [0, 0.05) is 37.6 Å². The number of thiol groups is 1. The fraction of sp³-hybridized carbons (Fsp3) is 0.407. The number of halogens is 1. The van der Waals surface area contributed by atoms with Crippen LogP contribution in [0.1, 0.15) is 30.4 Å². The molecule has 0 aliphatic carbocycles. The third kappa shape index (κ3) is 10.8. The van der Waals surface area contributed by atoms with Crippen LogP contribution in [-0.4, -0.2) is 55.2 Å². The van der Waals surface area contributed by atoms with Crippen LogP contribution in [0.3, 0.4) is 0 Å². The van der Waals surface area contributed by atoms with E-state index in [1.54, 1.807) is 4.90 Å². The molecule has 0 spiro atoms. The summed E-state index contributed by atoms with van der Waals surface area (Å²) in [4.78, 5) is 26.3. The molecule has 2 aromatic carbocycles. The molecule has 6 nitrogen and oxygen atoms in total. The highest BCUT2D eigenvalue weighted by molar-refractivity contribution is 7.96. The average Bonchev–Trinajstić information content (AvgIpc) is 3.28. The van der Waals surface area contributed by atoms with Crippen LogP contribution in [0.25, 0.3) is 0 Å². The zero-order chi connectivity index (χ0) is 25.5. The average molecular weight is 518 g/mol. The van der Waals surface area contributed by atoms with Gasteiger partial charge in [0.2, 0.25) is 5.91 Å². The molecule has 1 aliphatic heterocycles. The van der Waals surface area contributed by atoms with Gasteiger partial charge < -0.3 is 19.9 Å². The molecule has 2 amide bonds. The van der Waals surface area contributed by atoms with Crippen molar-refractivity contribution in [3.05, 3.63) is 72.3 Å². The lowest BCUT2D eigenvalue weighted by Gasteiger charge is -2.15. The van der Waals surface area contributed by atoms with Crippen molar-refractivity contribution >= 4 is 41.1 Å². The number of unbranched alkanes of at least 4 members (excludes halogenated alkanes) is 1. The molecule has 0 saturated carbocycles. The van der Waals surface area contributed by atoms with E-state index in [2.05, 4.69) is 36.5 Å². The number of alkyl halides is 1.